The molecule has 3 aromatic rings. The van der Waals surface area contributed by atoms with Crippen LogP contribution in [0.25, 0.3) is 21.3 Å². The van der Waals surface area contributed by atoms with Crippen molar-refractivity contribution in [2.75, 3.05) is 0 Å². The monoisotopic (exact) mass is 315 g/mol. The third-order valence-corrected chi connectivity index (χ3v) is 4.84. The number of thioether (sulfide) groups is 1. The molecular weight excluding hydrogens is 305 g/mol. The molecule has 0 spiro atoms. The molecular formula is C15H10FN3S2. The zero-order valence-corrected chi connectivity index (χ0v) is 12.7. The maximum Gasteiger partial charge on any atom is 0.128 e. The van der Waals surface area contributed by atoms with Gasteiger partial charge in [-0.15, -0.1) is 11.3 Å². The largest absolute Gasteiger partial charge is 0.229 e. The van der Waals surface area contributed by atoms with E-state index in [1.54, 1.807) is 12.1 Å². The minimum Gasteiger partial charge on any atom is -0.229 e. The van der Waals surface area contributed by atoms with Crippen molar-refractivity contribution in [2.24, 2.45) is 0 Å². The van der Waals surface area contributed by atoms with E-state index in [9.17, 15) is 4.39 Å². The summed E-state index contributed by atoms with van der Waals surface area (Å²) in [6, 6.07) is 8.55. The second-order valence-corrected chi connectivity index (χ2v) is 6.59. The fourth-order valence-corrected chi connectivity index (χ4v) is 3.77. The van der Waals surface area contributed by atoms with Crippen molar-refractivity contribution in [2.45, 2.75) is 17.2 Å². The fraction of sp³-hybridized carbons (Fsp3) is 0.133. The Balaban J connectivity index is 2.16. The zero-order chi connectivity index (χ0) is 14.8. The molecule has 104 valence electrons. The van der Waals surface area contributed by atoms with Crippen molar-refractivity contribution in [1.29, 1.82) is 5.26 Å². The number of benzene rings is 1. The first-order chi connectivity index (χ1) is 10.2. The Kier molecular flexibility index (Phi) is 3.86. The lowest BCUT2D eigenvalue weighted by Crippen LogP contribution is -1.93. The predicted octanol–water partition coefficient (Wildman–Crippen LogP) is 4.50. The maximum atomic E-state index is 13.1. The Morgan fingerprint density at radius 2 is 2.05 bits per heavy atom. The van der Waals surface area contributed by atoms with E-state index >= 15 is 0 Å². The summed E-state index contributed by atoms with van der Waals surface area (Å²) >= 11 is 2.93. The van der Waals surface area contributed by atoms with Gasteiger partial charge in [0.2, 0.25) is 0 Å². The van der Waals surface area contributed by atoms with Crippen molar-refractivity contribution in [1.82, 2.24) is 9.97 Å². The first-order valence-electron chi connectivity index (χ1n) is 6.23. The molecule has 1 aromatic carbocycles. The van der Waals surface area contributed by atoms with Gasteiger partial charge in [0, 0.05) is 10.9 Å². The highest BCUT2D eigenvalue weighted by molar-refractivity contribution is 8.00. The lowest BCUT2D eigenvalue weighted by atomic mass is 10.1. The second kappa shape index (κ2) is 5.80. The molecule has 1 unspecified atom stereocenters. The summed E-state index contributed by atoms with van der Waals surface area (Å²) < 4.78 is 13.1. The van der Waals surface area contributed by atoms with Gasteiger partial charge < -0.3 is 0 Å². The van der Waals surface area contributed by atoms with E-state index in [1.165, 1.54) is 41.6 Å². The lowest BCUT2D eigenvalue weighted by molar-refractivity contribution is 0.628. The van der Waals surface area contributed by atoms with Gasteiger partial charge in [-0.25, -0.2) is 14.4 Å². The van der Waals surface area contributed by atoms with Gasteiger partial charge in [0.1, 0.15) is 22.0 Å². The summed E-state index contributed by atoms with van der Waals surface area (Å²) in [5.74, 6) is -0.262. The first kappa shape index (κ1) is 14.0. The summed E-state index contributed by atoms with van der Waals surface area (Å²) in [6.45, 7) is 1.84. The van der Waals surface area contributed by atoms with E-state index in [4.69, 9.17) is 5.26 Å². The number of nitrogens with zero attached hydrogens (tertiary/aromatic N) is 3. The molecule has 0 saturated carbocycles. The van der Waals surface area contributed by atoms with Gasteiger partial charge >= 0.3 is 0 Å². The number of halogens is 1. The molecule has 0 aliphatic carbocycles. The summed E-state index contributed by atoms with van der Waals surface area (Å²) in [5.41, 5.74) is 1.90. The minimum atomic E-state index is -0.262. The molecule has 0 radical (unpaired) electrons. The van der Waals surface area contributed by atoms with Gasteiger partial charge in [-0.2, -0.15) is 5.26 Å². The van der Waals surface area contributed by atoms with Crippen LogP contribution in [0.4, 0.5) is 4.39 Å². The third-order valence-electron chi connectivity index (χ3n) is 2.96. The van der Waals surface area contributed by atoms with Crippen molar-refractivity contribution >= 4 is 33.3 Å². The van der Waals surface area contributed by atoms with Crippen LogP contribution in [-0.4, -0.2) is 15.2 Å². The average molecular weight is 315 g/mol. The SMILES string of the molecule is CC(C#N)Sc1ncnc2scc(-c3ccc(F)cc3)c12. The van der Waals surface area contributed by atoms with E-state index in [0.717, 1.165) is 26.4 Å². The fourth-order valence-electron chi connectivity index (χ4n) is 1.97. The van der Waals surface area contributed by atoms with Gasteiger partial charge in [0.05, 0.1) is 16.7 Å². The van der Waals surface area contributed by atoms with Crippen LogP contribution in [0.3, 0.4) is 0 Å². The van der Waals surface area contributed by atoms with Crippen LogP contribution in [-0.2, 0) is 0 Å². The molecule has 0 aliphatic heterocycles. The van der Waals surface area contributed by atoms with E-state index in [-0.39, 0.29) is 11.1 Å². The van der Waals surface area contributed by atoms with Crippen LogP contribution >= 0.6 is 23.1 Å². The quantitative estimate of drug-likeness (QED) is 0.527. The molecule has 2 aromatic heterocycles. The highest BCUT2D eigenvalue weighted by Crippen LogP contribution is 2.38. The Hall–Kier alpha value is -1.97. The van der Waals surface area contributed by atoms with Gasteiger partial charge in [0.25, 0.3) is 0 Å². The Labute approximate surface area is 129 Å². The lowest BCUT2D eigenvalue weighted by Gasteiger charge is -2.06. The van der Waals surface area contributed by atoms with Crippen LogP contribution in [0.15, 0.2) is 41.0 Å². The first-order valence-corrected chi connectivity index (χ1v) is 7.99. The van der Waals surface area contributed by atoms with Gasteiger partial charge in [-0.05, 0) is 24.6 Å². The summed E-state index contributed by atoms with van der Waals surface area (Å²) in [4.78, 5) is 9.45. The molecule has 0 N–H and O–H groups in total. The molecule has 0 amide bonds. The van der Waals surface area contributed by atoms with Crippen LogP contribution < -0.4 is 0 Å². The van der Waals surface area contributed by atoms with E-state index in [2.05, 4.69) is 16.0 Å². The van der Waals surface area contributed by atoms with Crippen LogP contribution in [0.1, 0.15) is 6.92 Å². The van der Waals surface area contributed by atoms with Crippen LogP contribution in [0.5, 0.6) is 0 Å². The number of aromatic nitrogens is 2. The molecule has 0 saturated heterocycles. The molecule has 0 bridgehead atoms. The standard InChI is InChI=1S/C15H10FN3S2/c1-9(6-17)21-15-13-12(7-20-14(13)18-8-19-15)10-2-4-11(16)5-3-10/h2-5,7-9H,1H3. The van der Waals surface area contributed by atoms with Crippen LogP contribution in [0, 0.1) is 17.1 Å². The summed E-state index contributed by atoms with van der Waals surface area (Å²) in [7, 11) is 0. The second-order valence-electron chi connectivity index (χ2n) is 4.40. The van der Waals surface area contributed by atoms with Gasteiger partial charge in [0.15, 0.2) is 0 Å². The summed E-state index contributed by atoms with van der Waals surface area (Å²) in [5, 5.41) is 12.5. The van der Waals surface area contributed by atoms with E-state index < -0.39 is 0 Å². The number of hydrogen-bond acceptors (Lipinski definition) is 5. The summed E-state index contributed by atoms with van der Waals surface area (Å²) in [6.07, 6.45) is 1.51. The smallest absolute Gasteiger partial charge is 0.128 e. The Morgan fingerprint density at radius 1 is 1.29 bits per heavy atom. The Bertz CT molecular complexity index is 821. The van der Waals surface area contributed by atoms with Gasteiger partial charge in [-0.3, -0.25) is 0 Å². The van der Waals surface area contributed by atoms with Crippen molar-refractivity contribution < 1.29 is 4.39 Å². The molecule has 2 heterocycles. The predicted molar refractivity (Wildman–Crippen MR) is 83.7 cm³/mol. The van der Waals surface area contributed by atoms with Gasteiger partial charge in [-0.1, -0.05) is 23.9 Å². The molecule has 0 aliphatic rings. The average Bonchev–Trinajstić information content (AvgIpc) is 2.93. The Morgan fingerprint density at radius 3 is 2.76 bits per heavy atom. The number of nitriles is 1. The molecule has 0 fully saturated rings. The molecule has 3 rings (SSSR count). The highest BCUT2D eigenvalue weighted by Gasteiger charge is 2.15. The molecule has 1 atom stereocenters. The third kappa shape index (κ3) is 2.75. The number of thiophene rings is 1. The number of rotatable bonds is 3. The van der Waals surface area contributed by atoms with Crippen molar-refractivity contribution in [3.05, 3.63) is 41.8 Å². The number of fused-ring (bicyclic) bond motifs is 1. The number of hydrogen-bond donors (Lipinski definition) is 0. The minimum absolute atomic E-state index is 0.191. The van der Waals surface area contributed by atoms with E-state index in [0.29, 0.717) is 0 Å². The van der Waals surface area contributed by atoms with Crippen LogP contribution in [0.2, 0.25) is 0 Å². The van der Waals surface area contributed by atoms with Crippen molar-refractivity contribution in [3.63, 3.8) is 0 Å². The molecule has 21 heavy (non-hydrogen) atoms. The topological polar surface area (TPSA) is 49.6 Å². The highest BCUT2D eigenvalue weighted by atomic mass is 32.2. The van der Waals surface area contributed by atoms with E-state index in [1.807, 2.05) is 12.3 Å². The molecule has 3 nitrogen and oxygen atoms in total. The normalized spacial score (nSPS) is 12.2. The van der Waals surface area contributed by atoms with Crippen molar-refractivity contribution in [3.8, 4) is 17.2 Å². The molecule has 6 heteroatoms. The maximum absolute atomic E-state index is 13.1. The zero-order valence-electron chi connectivity index (χ0n) is 11.1.